The molecule has 1 atom stereocenters. The molecular weight excluding hydrogens is 430 g/mol. The van der Waals surface area contributed by atoms with Crippen LogP contribution in [0.1, 0.15) is 35.2 Å². The molecule has 6 heteroatoms. The van der Waals surface area contributed by atoms with Gasteiger partial charge in [-0.05, 0) is 79.9 Å². The number of rotatable bonds is 6. The Hall–Kier alpha value is -4.06. The lowest BCUT2D eigenvalue weighted by molar-refractivity contribution is -0.132. The number of carbonyl (C=O) groups is 2. The van der Waals surface area contributed by atoms with Crippen molar-refractivity contribution in [2.75, 3.05) is 18.6 Å². The Morgan fingerprint density at radius 1 is 0.941 bits per heavy atom. The van der Waals surface area contributed by atoms with Crippen molar-refractivity contribution in [3.05, 3.63) is 94.6 Å². The summed E-state index contributed by atoms with van der Waals surface area (Å²) in [6.45, 7) is 6.23. The number of carbonyl (C=O) groups excluding carboxylic acids is 2. The molecule has 1 unspecified atom stereocenters. The molecule has 0 spiro atoms. The van der Waals surface area contributed by atoms with Crippen LogP contribution in [0.15, 0.2) is 72.3 Å². The summed E-state index contributed by atoms with van der Waals surface area (Å²) in [5.74, 6) is -0.328. The molecule has 34 heavy (non-hydrogen) atoms. The first-order chi connectivity index (χ1) is 16.3. The maximum Gasteiger partial charge on any atom is 0.300 e. The lowest BCUT2D eigenvalue weighted by atomic mass is 9.94. The van der Waals surface area contributed by atoms with Crippen LogP contribution in [0.2, 0.25) is 0 Å². The van der Waals surface area contributed by atoms with Crippen LogP contribution < -0.4 is 14.4 Å². The largest absolute Gasteiger partial charge is 0.507 e. The highest BCUT2D eigenvalue weighted by molar-refractivity contribution is 6.51. The van der Waals surface area contributed by atoms with Crippen molar-refractivity contribution in [2.24, 2.45) is 0 Å². The molecule has 6 nitrogen and oxygen atoms in total. The highest BCUT2D eigenvalue weighted by atomic mass is 16.5. The zero-order chi connectivity index (χ0) is 24.4. The number of aliphatic hydroxyl groups is 1. The third-order valence-corrected chi connectivity index (χ3v) is 5.94. The molecule has 3 aromatic carbocycles. The van der Waals surface area contributed by atoms with Gasteiger partial charge in [0.1, 0.15) is 17.3 Å². The van der Waals surface area contributed by atoms with Crippen LogP contribution in [0.3, 0.4) is 0 Å². The van der Waals surface area contributed by atoms with Crippen molar-refractivity contribution in [3.63, 3.8) is 0 Å². The van der Waals surface area contributed by atoms with E-state index in [2.05, 4.69) is 0 Å². The van der Waals surface area contributed by atoms with E-state index in [4.69, 9.17) is 9.47 Å². The van der Waals surface area contributed by atoms with E-state index in [1.807, 2.05) is 39.0 Å². The number of Topliss-reactive ketones (excluding diaryl/α,β-unsaturated/α-hetero) is 1. The molecule has 1 saturated heterocycles. The SMILES string of the molecule is CCOc1ccc(/C(O)=C2\C(=O)C(=O)N(c3cc(C)ccc3C)C2c2ccc(OC)cc2)cc1. The van der Waals surface area contributed by atoms with Crippen molar-refractivity contribution < 1.29 is 24.2 Å². The zero-order valence-corrected chi connectivity index (χ0v) is 19.7. The fraction of sp³-hybridized carbons (Fsp3) is 0.214. The van der Waals surface area contributed by atoms with E-state index in [0.717, 1.165) is 11.1 Å². The third-order valence-electron chi connectivity index (χ3n) is 5.94. The van der Waals surface area contributed by atoms with E-state index in [9.17, 15) is 14.7 Å². The summed E-state index contributed by atoms with van der Waals surface area (Å²) in [5, 5.41) is 11.3. The number of aryl methyl sites for hydroxylation is 2. The molecule has 1 fully saturated rings. The summed E-state index contributed by atoms with van der Waals surface area (Å²) in [6.07, 6.45) is 0. The zero-order valence-electron chi connectivity index (χ0n) is 19.7. The van der Waals surface area contributed by atoms with Crippen LogP contribution in [0, 0.1) is 13.8 Å². The molecule has 1 heterocycles. The van der Waals surface area contributed by atoms with E-state index in [1.54, 1.807) is 55.6 Å². The van der Waals surface area contributed by atoms with Gasteiger partial charge in [0.15, 0.2) is 0 Å². The number of ether oxygens (including phenoxy) is 2. The highest BCUT2D eigenvalue weighted by Gasteiger charge is 2.47. The second kappa shape index (κ2) is 9.43. The van der Waals surface area contributed by atoms with Crippen molar-refractivity contribution in [3.8, 4) is 11.5 Å². The standard InChI is InChI=1S/C28H27NO5/c1-5-34-22-14-10-20(11-15-22)26(30)24-25(19-8-12-21(33-4)13-9-19)29(28(32)27(24)31)23-16-17(2)6-7-18(23)3/h6-16,25,30H,5H2,1-4H3/b26-24+. The monoisotopic (exact) mass is 457 g/mol. The van der Waals surface area contributed by atoms with Crippen molar-refractivity contribution >= 4 is 23.1 Å². The van der Waals surface area contributed by atoms with E-state index in [-0.39, 0.29) is 11.3 Å². The summed E-state index contributed by atoms with van der Waals surface area (Å²) >= 11 is 0. The van der Waals surface area contributed by atoms with Gasteiger partial charge in [0, 0.05) is 11.3 Å². The minimum absolute atomic E-state index is 0.0419. The molecule has 1 aliphatic rings. The average molecular weight is 458 g/mol. The molecule has 1 amide bonds. The Bertz CT molecular complexity index is 1260. The maximum atomic E-state index is 13.3. The van der Waals surface area contributed by atoms with Crippen LogP contribution in [-0.2, 0) is 9.59 Å². The normalized spacial score (nSPS) is 17.2. The fourth-order valence-corrected chi connectivity index (χ4v) is 4.19. The fourth-order valence-electron chi connectivity index (χ4n) is 4.19. The Morgan fingerprint density at radius 3 is 2.21 bits per heavy atom. The first-order valence-electron chi connectivity index (χ1n) is 11.1. The van der Waals surface area contributed by atoms with Gasteiger partial charge in [-0.25, -0.2) is 0 Å². The summed E-state index contributed by atoms with van der Waals surface area (Å²) < 4.78 is 10.8. The van der Waals surface area contributed by atoms with Crippen LogP contribution in [0.25, 0.3) is 5.76 Å². The highest BCUT2D eigenvalue weighted by Crippen LogP contribution is 2.43. The van der Waals surface area contributed by atoms with Crippen molar-refractivity contribution in [1.82, 2.24) is 0 Å². The van der Waals surface area contributed by atoms with Gasteiger partial charge in [-0.15, -0.1) is 0 Å². The van der Waals surface area contributed by atoms with E-state index >= 15 is 0 Å². The summed E-state index contributed by atoms with van der Waals surface area (Å²) in [6, 6.07) is 18.9. The number of nitrogens with zero attached hydrogens (tertiary/aromatic N) is 1. The lowest BCUT2D eigenvalue weighted by Gasteiger charge is -2.27. The van der Waals surface area contributed by atoms with Gasteiger partial charge >= 0.3 is 0 Å². The van der Waals surface area contributed by atoms with E-state index in [0.29, 0.717) is 34.9 Å². The molecule has 1 N–H and O–H groups in total. The summed E-state index contributed by atoms with van der Waals surface area (Å²) in [7, 11) is 1.57. The number of benzene rings is 3. The number of hydrogen-bond donors (Lipinski definition) is 1. The minimum Gasteiger partial charge on any atom is -0.507 e. The Kier molecular flexibility index (Phi) is 6.41. The molecule has 0 bridgehead atoms. The Labute approximate surface area is 199 Å². The van der Waals surface area contributed by atoms with Gasteiger partial charge in [-0.2, -0.15) is 0 Å². The second-order valence-electron chi connectivity index (χ2n) is 8.19. The quantitative estimate of drug-likeness (QED) is 0.307. The molecule has 1 aliphatic heterocycles. The predicted molar refractivity (Wildman–Crippen MR) is 131 cm³/mol. The maximum absolute atomic E-state index is 13.3. The second-order valence-corrected chi connectivity index (χ2v) is 8.19. The van der Waals surface area contributed by atoms with Crippen LogP contribution in [-0.4, -0.2) is 30.5 Å². The van der Waals surface area contributed by atoms with Gasteiger partial charge in [-0.1, -0.05) is 24.3 Å². The lowest BCUT2D eigenvalue weighted by Crippen LogP contribution is -2.30. The Balaban J connectivity index is 1.91. The van der Waals surface area contributed by atoms with E-state index < -0.39 is 17.7 Å². The third kappa shape index (κ3) is 4.15. The first-order valence-corrected chi connectivity index (χ1v) is 11.1. The van der Waals surface area contributed by atoms with Crippen LogP contribution in [0.5, 0.6) is 11.5 Å². The Morgan fingerprint density at radius 2 is 1.59 bits per heavy atom. The van der Waals surface area contributed by atoms with Gasteiger partial charge in [-0.3, -0.25) is 14.5 Å². The molecule has 3 aromatic rings. The van der Waals surface area contributed by atoms with Gasteiger partial charge in [0.25, 0.3) is 11.7 Å². The number of aliphatic hydroxyl groups excluding tert-OH is 1. The number of ketones is 1. The topological polar surface area (TPSA) is 76.1 Å². The summed E-state index contributed by atoms with van der Waals surface area (Å²) in [4.78, 5) is 28.1. The van der Waals surface area contributed by atoms with Gasteiger partial charge in [0.05, 0.1) is 25.3 Å². The van der Waals surface area contributed by atoms with Crippen molar-refractivity contribution in [2.45, 2.75) is 26.8 Å². The molecule has 0 aromatic heterocycles. The number of hydrogen-bond acceptors (Lipinski definition) is 5. The predicted octanol–water partition coefficient (Wildman–Crippen LogP) is 5.34. The molecule has 4 rings (SSSR count). The van der Waals surface area contributed by atoms with Crippen LogP contribution >= 0.6 is 0 Å². The minimum atomic E-state index is -0.794. The summed E-state index contributed by atoms with van der Waals surface area (Å²) in [5.41, 5.74) is 3.61. The molecule has 0 radical (unpaired) electrons. The average Bonchev–Trinajstić information content (AvgIpc) is 3.11. The molecule has 0 aliphatic carbocycles. The molecule has 0 saturated carbocycles. The van der Waals surface area contributed by atoms with Gasteiger partial charge in [0.2, 0.25) is 0 Å². The molecular formula is C28H27NO5. The molecule has 174 valence electrons. The number of amides is 1. The van der Waals surface area contributed by atoms with E-state index in [1.165, 1.54) is 4.90 Å². The van der Waals surface area contributed by atoms with Gasteiger partial charge < -0.3 is 14.6 Å². The van der Waals surface area contributed by atoms with Crippen LogP contribution in [0.4, 0.5) is 5.69 Å². The smallest absolute Gasteiger partial charge is 0.300 e. The first kappa shape index (κ1) is 23.1. The van der Waals surface area contributed by atoms with Crippen molar-refractivity contribution in [1.29, 1.82) is 0 Å². The number of anilines is 1. The number of methoxy groups -OCH3 is 1.